The maximum atomic E-state index is 12.3. The number of nitrogens with two attached hydrogens (primary N) is 1. The summed E-state index contributed by atoms with van der Waals surface area (Å²) in [6.07, 6.45) is 1.52. The molecule has 0 atom stereocenters. The quantitative estimate of drug-likeness (QED) is 0.877. The molecule has 0 aliphatic heterocycles. The summed E-state index contributed by atoms with van der Waals surface area (Å²) in [5, 5.41) is 0. The van der Waals surface area contributed by atoms with E-state index in [0.29, 0.717) is 11.3 Å². The van der Waals surface area contributed by atoms with Crippen molar-refractivity contribution in [3.63, 3.8) is 0 Å². The number of para-hydroxylation sites is 1. The van der Waals surface area contributed by atoms with E-state index in [1.54, 1.807) is 18.0 Å². The first-order chi connectivity index (χ1) is 8.59. The van der Waals surface area contributed by atoms with Gasteiger partial charge in [0.15, 0.2) is 0 Å². The number of amides is 1. The van der Waals surface area contributed by atoms with Gasteiger partial charge >= 0.3 is 0 Å². The van der Waals surface area contributed by atoms with Gasteiger partial charge in [0.25, 0.3) is 5.91 Å². The second-order valence-electron chi connectivity index (χ2n) is 4.11. The molecule has 92 valence electrons. The molecule has 0 fully saturated rings. The van der Waals surface area contributed by atoms with Gasteiger partial charge in [0.05, 0.1) is 5.56 Å². The molecule has 0 bridgehead atoms. The van der Waals surface area contributed by atoms with Crippen LogP contribution in [0.15, 0.2) is 42.6 Å². The largest absolute Gasteiger partial charge is 0.398 e. The summed E-state index contributed by atoms with van der Waals surface area (Å²) in [5.74, 6) is -0.161. The molecule has 1 aromatic carbocycles. The van der Waals surface area contributed by atoms with Gasteiger partial charge in [-0.1, -0.05) is 18.2 Å². The molecule has 4 heteroatoms. The zero-order chi connectivity index (χ0) is 13.1. The Hall–Kier alpha value is -2.36. The van der Waals surface area contributed by atoms with Crippen molar-refractivity contribution in [3.05, 3.63) is 53.9 Å². The molecule has 0 saturated carbocycles. The van der Waals surface area contributed by atoms with Crippen molar-refractivity contribution in [1.82, 2.24) is 4.98 Å². The maximum Gasteiger partial charge on any atom is 0.261 e. The molecule has 1 heterocycles. The highest BCUT2D eigenvalue weighted by Crippen LogP contribution is 2.18. The fraction of sp³-hybridized carbons (Fsp3) is 0.143. The molecule has 18 heavy (non-hydrogen) atoms. The molecular weight excluding hydrogens is 226 g/mol. The normalized spacial score (nSPS) is 10.1. The molecule has 0 saturated heterocycles. The fourth-order valence-electron chi connectivity index (χ4n) is 1.71. The molecule has 2 aromatic rings. The summed E-state index contributed by atoms with van der Waals surface area (Å²) in [6.45, 7) is 1.84. The van der Waals surface area contributed by atoms with Crippen molar-refractivity contribution in [1.29, 1.82) is 0 Å². The summed E-state index contributed by atoms with van der Waals surface area (Å²) in [7, 11) is 1.72. The molecule has 0 aliphatic carbocycles. The van der Waals surface area contributed by atoms with E-state index in [1.807, 2.05) is 37.3 Å². The van der Waals surface area contributed by atoms with Crippen molar-refractivity contribution in [2.45, 2.75) is 6.92 Å². The van der Waals surface area contributed by atoms with Crippen LogP contribution in [-0.2, 0) is 0 Å². The van der Waals surface area contributed by atoms with E-state index in [9.17, 15) is 4.79 Å². The minimum atomic E-state index is -0.161. The minimum absolute atomic E-state index is 0.161. The predicted molar refractivity (Wildman–Crippen MR) is 72.6 cm³/mol. The van der Waals surface area contributed by atoms with Crippen LogP contribution in [0.5, 0.6) is 0 Å². The minimum Gasteiger partial charge on any atom is -0.398 e. The lowest BCUT2D eigenvalue weighted by atomic mass is 10.2. The zero-order valence-electron chi connectivity index (χ0n) is 10.4. The number of pyridine rings is 1. The number of anilines is 2. The Morgan fingerprint density at radius 3 is 2.56 bits per heavy atom. The average Bonchev–Trinajstić information content (AvgIpc) is 2.38. The first-order valence-electron chi connectivity index (χ1n) is 5.65. The maximum absolute atomic E-state index is 12.3. The van der Waals surface area contributed by atoms with Crippen LogP contribution in [0.4, 0.5) is 11.4 Å². The van der Waals surface area contributed by atoms with Crippen LogP contribution in [0.25, 0.3) is 0 Å². The first-order valence-corrected chi connectivity index (χ1v) is 5.65. The Balaban J connectivity index is 2.32. The molecule has 4 nitrogen and oxygen atoms in total. The SMILES string of the molecule is Cc1cc(N)c(C(=O)N(C)c2ccccc2)cn1. The zero-order valence-corrected chi connectivity index (χ0v) is 10.4. The molecule has 1 aromatic heterocycles. The van der Waals surface area contributed by atoms with Crippen molar-refractivity contribution in [3.8, 4) is 0 Å². The van der Waals surface area contributed by atoms with Crippen molar-refractivity contribution >= 4 is 17.3 Å². The third-order valence-electron chi connectivity index (χ3n) is 2.75. The number of hydrogen-bond donors (Lipinski definition) is 1. The second-order valence-corrected chi connectivity index (χ2v) is 4.11. The van der Waals surface area contributed by atoms with Crippen molar-refractivity contribution in [2.75, 3.05) is 17.7 Å². The van der Waals surface area contributed by atoms with E-state index in [0.717, 1.165) is 11.4 Å². The van der Waals surface area contributed by atoms with Gasteiger partial charge in [-0.15, -0.1) is 0 Å². The number of benzene rings is 1. The Kier molecular flexibility index (Phi) is 3.28. The summed E-state index contributed by atoms with van der Waals surface area (Å²) >= 11 is 0. The van der Waals surface area contributed by atoms with Crippen molar-refractivity contribution in [2.24, 2.45) is 0 Å². The smallest absolute Gasteiger partial charge is 0.261 e. The summed E-state index contributed by atoms with van der Waals surface area (Å²) in [6, 6.07) is 11.1. The number of rotatable bonds is 2. The second kappa shape index (κ2) is 4.87. The number of carbonyl (C=O) groups is 1. The van der Waals surface area contributed by atoms with Crippen molar-refractivity contribution < 1.29 is 4.79 Å². The standard InChI is InChI=1S/C14H15N3O/c1-10-8-13(15)12(9-16-10)14(18)17(2)11-6-4-3-5-7-11/h3-9H,1-2H3,(H2,15,16). The van der Waals surface area contributed by atoms with Gasteiger partial charge < -0.3 is 10.6 Å². The van der Waals surface area contributed by atoms with Gasteiger partial charge in [0.2, 0.25) is 0 Å². The van der Waals surface area contributed by atoms with E-state index < -0.39 is 0 Å². The molecule has 0 spiro atoms. The highest BCUT2D eigenvalue weighted by Gasteiger charge is 2.16. The third kappa shape index (κ3) is 2.32. The Bertz CT molecular complexity index is 567. The summed E-state index contributed by atoms with van der Waals surface area (Å²) in [5.41, 5.74) is 8.35. The van der Waals surface area contributed by atoms with Crippen LogP contribution in [0.1, 0.15) is 16.1 Å². The first kappa shape index (κ1) is 12.1. The molecule has 1 amide bonds. The van der Waals surface area contributed by atoms with E-state index in [-0.39, 0.29) is 5.91 Å². The van der Waals surface area contributed by atoms with Gasteiger partial charge in [-0.3, -0.25) is 9.78 Å². The van der Waals surface area contributed by atoms with Crippen LogP contribution in [-0.4, -0.2) is 17.9 Å². The molecule has 2 N–H and O–H groups in total. The van der Waals surface area contributed by atoms with Crippen LogP contribution < -0.4 is 10.6 Å². The number of hydrogen-bond acceptors (Lipinski definition) is 3. The Labute approximate surface area is 106 Å². The van der Waals surface area contributed by atoms with Gasteiger partial charge in [-0.25, -0.2) is 0 Å². The highest BCUT2D eigenvalue weighted by atomic mass is 16.2. The number of aromatic nitrogens is 1. The third-order valence-corrected chi connectivity index (χ3v) is 2.75. The highest BCUT2D eigenvalue weighted by molar-refractivity contribution is 6.08. The summed E-state index contributed by atoms with van der Waals surface area (Å²) in [4.78, 5) is 18.0. The number of nitrogen functional groups attached to an aromatic ring is 1. The topological polar surface area (TPSA) is 59.2 Å². The van der Waals surface area contributed by atoms with E-state index in [4.69, 9.17) is 5.73 Å². The molecule has 0 unspecified atom stereocenters. The van der Waals surface area contributed by atoms with E-state index in [1.165, 1.54) is 6.20 Å². The predicted octanol–water partition coefficient (Wildman–Crippen LogP) is 2.25. The molecule has 2 rings (SSSR count). The van der Waals surface area contributed by atoms with E-state index in [2.05, 4.69) is 4.98 Å². The van der Waals surface area contributed by atoms with Gasteiger partial charge in [0, 0.05) is 30.3 Å². The van der Waals surface area contributed by atoms with Crippen LogP contribution in [0.2, 0.25) is 0 Å². The molecular formula is C14H15N3O. The van der Waals surface area contributed by atoms with Crippen LogP contribution in [0.3, 0.4) is 0 Å². The Morgan fingerprint density at radius 1 is 1.28 bits per heavy atom. The fourth-order valence-corrected chi connectivity index (χ4v) is 1.71. The number of carbonyl (C=O) groups excluding carboxylic acids is 1. The average molecular weight is 241 g/mol. The number of nitrogens with zero attached hydrogens (tertiary/aromatic N) is 2. The van der Waals surface area contributed by atoms with Gasteiger partial charge in [-0.05, 0) is 25.1 Å². The number of aryl methyl sites for hydroxylation is 1. The lowest BCUT2D eigenvalue weighted by Crippen LogP contribution is -2.27. The van der Waals surface area contributed by atoms with Crippen LogP contribution in [0, 0.1) is 6.92 Å². The van der Waals surface area contributed by atoms with Gasteiger partial charge in [-0.2, -0.15) is 0 Å². The molecule has 0 radical (unpaired) electrons. The summed E-state index contributed by atoms with van der Waals surface area (Å²) < 4.78 is 0. The Morgan fingerprint density at radius 2 is 1.94 bits per heavy atom. The van der Waals surface area contributed by atoms with Gasteiger partial charge in [0.1, 0.15) is 0 Å². The monoisotopic (exact) mass is 241 g/mol. The lowest BCUT2D eigenvalue weighted by Gasteiger charge is -2.18. The lowest BCUT2D eigenvalue weighted by molar-refractivity contribution is 0.0993. The van der Waals surface area contributed by atoms with Crippen LogP contribution >= 0.6 is 0 Å². The van der Waals surface area contributed by atoms with E-state index >= 15 is 0 Å². The molecule has 0 aliphatic rings.